The van der Waals surface area contributed by atoms with Crippen LogP contribution in [0.4, 0.5) is 4.79 Å². The summed E-state index contributed by atoms with van der Waals surface area (Å²) in [4.78, 5) is 31.9. The van der Waals surface area contributed by atoms with Gasteiger partial charge >= 0.3 is 12.0 Å². The monoisotopic (exact) mass is 426 g/mol. The maximum atomic E-state index is 12.8. The average Bonchev–Trinajstić information content (AvgIpc) is 3.19. The third-order valence-electron chi connectivity index (χ3n) is 6.95. The van der Waals surface area contributed by atoms with Crippen LogP contribution in [0.15, 0.2) is 24.4 Å². The van der Waals surface area contributed by atoms with E-state index in [1.165, 1.54) is 29.1 Å². The van der Waals surface area contributed by atoms with Crippen molar-refractivity contribution in [2.24, 2.45) is 5.92 Å². The molecule has 7 heteroatoms. The zero-order chi connectivity index (χ0) is 22.0. The van der Waals surface area contributed by atoms with E-state index in [2.05, 4.69) is 46.6 Å². The van der Waals surface area contributed by atoms with Crippen molar-refractivity contribution >= 4 is 22.9 Å². The number of H-pyrrole nitrogens is 1. The lowest BCUT2D eigenvalue weighted by Crippen LogP contribution is -2.51. The van der Waals surface area contributed by atoms with Crippen molar-refractivity contribution in [3.05, 3.63) is 35.5 Å². The number of likely N-dealkylation sites (N-methyl/N-ethyl adjacent to an activating group) is 1. The van der Waals surface area contributed by atoms with Crippen molar-refractivity contribution in [2.75, 3.05) is 40.3 Å². The minimum Gasteiger partial charge on any atom is -0.469 e. The van der Waals surface area contributed by atoms with E-state index in [-0.39, 0.29) is 18.4 Å². The van der Waals surface area contributed by atoms with Gasteiger partial charge in [0, 0.05) is 55.2 Å². The van der Waals surface area contributed by atoms with Gasteiger partial charge in [0.2, 0.25) is 0 Å². The highest BCUT2D eigenvalue weighted by molar-refractivity contribution is 5.88. The molecule has 2 amide bonds. The fourth-order valence-corrected chi connectivity index (χ4v) is 5.46. The predicted molar refractivity (Wildman–Crippen MR) is 121 cm³/mol. The molecule has 0 bridgehead atoms. The molecule has 168 valence electrons. The molecule has 1 fully saturated rings. The number of methoxy groups -OCH3 is 1. The number of aromatic amines is 1. The standard InChI is InChI=1S/C24H34N4O3/c1-4-9-28(10-8-22(29)31-3)24(30)26-13-16-11-19-18-6-5-7-20-23(18)17(14-25-20)12-21(19)27(2)15-16/h5-7,14,16,19,21,25H,4,8-13,15H2,1-3H3,(H,26,30)/t16-,19?,21+/m0/s1. The Morgan fingerprint density at radius 3 is 2.94 bits per heavy atom. The Kier molecular flexibility index (Phi) is 6.51. The van der Waals surface area contributed by atoms with Crippen molar-refractivity contribution in [1.29, 1.82) is 0 Å². The van der Waals surface area contributed by atoms with Crippen LogP contribution in [0.2, 0.25) is 0 Å². The third kappa shape index (κ3) is 4.42. The van der Waals surface area contributed by atoms with E-state index in [0.29, 0.717) is 37.5 Å². The van der Waals surface area contributed by atoms with E-state index in [9.17, 15) is 9.59 Å². The van der Waals surface area contributed by atoms with E-state index >= 15 is 0 Å². The van der Waals surface area contributed by atoms with E-state index < -0.39 is 0 Å². The minimum atomic E-state index is -0.288. The Bertz CT molecular complexity index is 940. The van der Waals surface area contributed by atoms with Gasteiger partial charge in [-0.05, 0) is 49.4 Å². The van der Waals surface area contributed by atoms with Crippen molar-refractivity contribution < 1.29 is 14.3 Å². The summed E-state index contributed by atoms with van der Waals surface area (Å²) in [5.41, 5.74) is 4.09. The van der Waals surface area contributed by atoms with Gasteiger partial charge in [0.15, 0.2) is 0 Å². The number of fused-ring (bicyclic) bond motifs is 2. The van der Waals surface area contributed by atoms with E-state index in [1.54, 1.807) is 4.90 Å². The molecule has 1 unspecified atom stereocenters. The number of hydrogen-bond donors (Lipinski definition) is 2. The molecule has 0 saturated carbocycles. The first-order valence-electron chi connectivity index (χ1n) is 11.4. The molecule has 1 aromatic heterocycles. The summed E-state index contributed by atoms with van der Waals surface area (Å²) in [6.45, 7) is 4.69. The lowest BCUT2D eigenvalue weighted by Gasteiger charge is -2.45. The van der Waals surface area contributed by atoms with E-state index in [1.807, 2.05) is 6.92 Å². The van der Waals surface area contributed by atoms with E-state index in [0.717, 1.165) is 25.8 Å². The molecule has 31 heavy (non-hydrogen) atoms. The second-order valence-electron chi connectivity index (χ2n) is 9.00. The number of urea groups is 1. The van der Waals surface area contributed by atoms with Crippen LogP contribution in [0.3, 0.4) is 0 Å². The maximum absolute atomic E-state index is 12.8. The highest BCUT2D eigenvalue weighted by Crippen LogP contribution is 2.44. The van der Waals surface area contributed by atoms with Gasteiger partial charge in [0.25, 0.3) is 0 Å². The smallest absolute Gasteiger partial charge is 0.317 e. The molecule has 1 aliphatic heterocycles. The highest BCUT2D eigenvalue weighted by atomic mass is 16.5. The molecule has 2 heterocycles. The molecule has 0 radical (unpaired) electrons. The highest BCUT2D eigenvalue weighted by Gasteiger charge is 2.39. The van der Waals surface area contributed by atoms with Crippen LogP contribution in [0.5, 0.6) is 0 Å². The lowest BCUT2D eigenvalue weighted by molar-refractivity contribution is -0.140. The van der Waals surface area contributed by atoms with Crippen LogP contribution in [-0.4, -0.2) is 73.2 Å². The van der Waals surface area contributed by atoms with Crippen LogP contribution in [0.1, 0.15) is 43.2 Å². The van der Waals surface area contributed by atoms with Gasteiger partial charge in [0.05, 0.1) is 13.5 Å². The molecule has 1 saturated heterocycles. The molecule has 1 aliphatic carbocycles. The summed E-state index contributed by atoms with van der Waals surface area (Å²) in [6.07, 6.45) is 5.40. The average molecular weight is 427 g/mol. The number of likely N-dealkylation sites (tertiary alicyclic amines) is 1. The molecule has 2 aliphatic rings. The number of ether oxygens (including phenoxy) is 1. The van der Waals surface area contributed by atoms with Crippen molar-refractivity contribution in [3.63, 3.8) is 0 Å². The zero-order valence-electron chi connectivity index (χ0n) is 18.8. The molecule has 2 aromatic rings. The number of piperidine rings is 1. The van der Waals surface area contributed by atoms with Gasteiger partial charge in [-0.1, -0.05) is 19.1 Å². The summed E-state index contributed by atoms with van der Waals surface area (Å²) < 4.78 is 4.71. The summed E-state index contributed by atoms with van der Waals surface area (Å²) in [5, 5.41) is 4.54. The SMILES string of the molecule is CCCN(CCC(=O)OC)C(=O)NC[C@@H]1CC2c3cccc4[nH]cc(c34)C[C@H]2N(C)C1. The quantitative estimate of drug-likeness (QED) is 0.667. The molecule has 7 nitrogen and oxygen atoms in total. The van der Waals surface area contributed by atoms with Crippen LogP contribution in [0, 0.1) is 5.92 Å². The topological polar surface area (TPSA) is 77.7 Å². The maximum Gasteiger partial charge on any atom is 0.317 e. The van der Waals surface area contributed by atoms with Crippen LogP contribution in [-0.2, 0) is 16.0 Å². The number of benzene rings is 1. The Labute approximate surface area is 184 Å². The van der Waals surface area contributed by atoms with Gasteiger partial charge in [-0.15, -0.1) is 0 Å². The number of nitrogens with zero attached hydrogens (tertiary/aromatic N) is 2. The number of carbonyl (C=O) groups excluding carboxylic acids is 2. The van der Waals surface area contributed by atoms with E-state index in [4.69, 9.17) is 4.74 Å². The minimum absolute atomic E-state index is 0.0887. The van der Waals surface area contributed by atoms with Crippen LogP contribution >= 0.6 is 0 Å². The Morgan fingerprint density at radius 2 is 2.16 bits per heavy atom. The lowest BCUT2D eigenvalue weighted by atomic mass is 9.72. The molecule has 2 N–H and O–H groups in total. The first kappa shape index (κ1) is 21.7. The molecule has 3 atom stereocenters. The molecule has 4 rings (SSSR count). The van der Waals surface area contributed by atoms with Gasteiger partial charge in [-0.25, -0.2) is 4.79 Å². The van der Waals surface area contributed by atoms with Gasteiger partial charge in [-0.2, -0.15) is 0 Å². The van der Waals surface area contributed by atoms with Gasteiger partial charge in [-0.3, -0.25) is 4.79 Å². The van der Waals surface area contributed by atoms with Crippen molar-refractivity contribution in [3.8, 4) is 0 Å². The first-order chi connectivity index (χ1) is 15.0. The first-order valence-corrected chi connectivity index (χ1v) is 11.4. The number of nitrogens with one attached hydrogen (secondary N) is 2. The summed E-state index contributed by atoms with van der Waals surface area (Å²) >= 11 is 0. The fourth-order valence-electron chi connectivity index (χ4n) is 5.46. The number of rotatable bonds is 7. The summed E-state index contributed by atoms with van der Waals surface area (Å²) in [7, 11) is 3.59. The number of aromatic nitrogens is 1. The number of amides is 2. The fraction of sp³-hybridized carbons (Fsp3) is 0.583. The normalized spacial score (nSPS) is 22.7. The van der Waals surface area contributed by atoms with Gasteiger partial charge < -0.3 is 24.8 Å². The molecule has 1 aromatic carbocycles. The molecular weight excluding hydrogens is 392 g/mol. The van der Waals surface area contributed by atoms with Crippen molar-refractivity contribution in [2.45, 2.75) is 44.6 Å². The predicted octanol–water partition coefficient (Wildman–Crippen LogP) is 3.11. The number of carbonyl (C=O) groups is 2. The van der Waals surface area contributed by atoms with Crippen LogP contribution in [0.25, 0.3) is 10.9 Å². The largest absolute Gasteiger partial charge is 0.469 e. The Balaban J connectivity index is 1.40. The van der Waals surface area contributed by atoms with Gasteiger partial charge in [0.1, 0.15) is 0 Å². The number of esters is 1. The Hall–Kier alpha value is -2.54. The summed E-state index contributed by atoms with van der Waals surface area (Å²) in [6, 6.07) is 7.01. The summed E-state index contributed by atoms with van der Waals surface area (Å²) in [5.74, 6) is 0.596. The van der Waals surface area contributed by atoms with Crippen LogP contribution < -0.4 is 5.32 Å². The molecular formula is C24H34N4O3. The van der Waals surface area contributed by atoms with Crippen molar-refractivity contribution in [1.82, 2.24) is 20.1 Å². The molecule has 0 spiro atoms. The Morgan fingerprint density at radius 1 is 1.32 bits per heavy atom. The zero-order valence-corrected chi connectivity index (χ0v) is 18.8. The second kappa shape index (κ2) is 9.30. The second-order valence-corrected chi connectivity index (χ2v) is 9.00. The third-order valence-corrected chi connectivity index (χ3v) is 6.95. The number of hydrogen-bond acceptors (Lipinski definition) is 4.